The summed E-state index contributed by atoms with van der Waals surface area (Å²) in [6, 6.07) is 4.73. The highest BCUT2D eigenvalue weighted by Gasteiger charge is 2.25. The molecule has 0 unspecified atom stereocenters. The van der Waals surface area contributed by atoms with E-state index >= 15 is 0 Å². The molecule has 0 saturated heterocycles. The maximum atomic E-state index is 13.1. The molecule has 8 heteroatoms. The minimum absolute atomic E-state index is 0.0383. The van der Waals surface area contributed by atoms with E-state index in [9.17, 15) is 13.6 Å². The van der Waals surface area contributed by atoms with Gasteiger partial charge in [-0.1, -0.05) is 0 Å². The molecule has 3 rings (SSSR count). The van der Waals surface area contributed by atoms with Gasteiger partial charge in [0.05, 0.1) is 12.1 Å². The lowest BCUT2D eigenvalue weighted by Crippen LogP contribution is -2.13. The van der Waals surface area contributed by atoms with Crippen molar-refractivity contribution in [1.29, 1.82) is 0 Å². The van der Waals surface area contributed by atoms with Gasteiger partial charge in [-0.3, -0.25) is 14.9 Å². The molecule has 6 nitrogen and oxygen atoms in total. The van der Waals surface area contributed by atoms with E-state index in [0.29, 0.717) is 17.3 Å². The van der Waals surface area contributed by atoms with Crippen LogP contribution in [0.1, 0.15) is 30.9 Å². The van der Waals surface area contributed by atoms with Crippen LogP contribution >= 0.6 is 0 Å². The molecule has 130 valence electrons. The molecule has 0 aliphatic heterocycles. The number of nitrogens with one attached hydrogen (secondary N) is 2. The van der Waals surface area contributed by atoms with Crippen LogP contribution in [0.5, 0.6) is 0 Å². The van der Waals surface area contributed by atoms with Crippen molar-refractivity contribution in [3.63, 3.8) is 0 Å². The van der Waals surface area contributed by atoms with Gasteiger partial charge in [0.25, 0.3) is 0 Å². The standard InChI is InChI=1S/C17H17F2N5O/c18-12-4-13(19)6-14(5-12)21-9-10(8-20)3-17(25)22-16-7-15(23-24-16)11-1-2-11/h4-9,11H,1-3,20H2,(H2,22,23,24,25)/b10-8-,21-9?. The van der Waals surface area contributed by atoms with E-state index in [0.717, 1.165) is 36.7 Å². The van der Waals surface area contributed by atoms with Crippen molar-refractivity contribution in [1.82, 2.24) is 10.2 Å². The minimum atomic E-state index is -0.729. The highest BCUT2D eigenvalue weighted by molar-refractivity contribution is 5.96. The molecule has 0 bridgehead atoms. The summed E-state index contributed by atoms with van der Waals surface area (Å²) < 4.78 is 26.2. The number of amides is 1. The Balaban J connectivity index is 1.58. The fourth-order valence-corrected chi connectivity index (χ4v) is 2.30. The lowest BCUT2D eigenvalue weighted by Gasteiger charge is -2.02. The first-order chi connectivity index (χ1) is 12.0. The van der Waals surface area contributed by atoms with Gasteiger partial charge < -0.3 is 11.1 Å². The molecule has 1 heterocycles. The monoisotopic (exact) mass is 345 g/mol. The molecular formula is C17H17F2N5O. The third-order valence-electron chi connectivity index (χ3n) is 3.69. The van der Waals surface area contributed by atoms with E-state index < -0.39 is 11.6 Å². The van der Waals surface area contributed by atoms with Crippen molar-refractivity contribution in [2.24, 2.45) is 10.7 Å². The van der Waals surface area contributed by atoms with E-state index in [1.807, 2.05) is 6.07 Å². The average Bonchev–Trinajstić information content (AvgIpc) is 3.31. The zero-order valence-corrected chi connectivity index (χ0v) is 13.3. The molecule has 0 spiro atoms. The molecule has 1 amide bonds. The van der Waals surface area contributed by atoms with E-state index in [1.54, 1.807) is 0 Å². The van der Waals surface area contributed by atoms with Crippen LogP contribution in [0, 0.1) is 11.6 Å². The molecule has 1 aliphatic carbocycles. The summed E-state index contributed by atoms with van der Waals surface area (Å²) in [5, 5.41) is 9.60. The Hall–Kier alpha value is -3.03. The fraction of sp³-hybridized carbons (Fsp3) is 0.235. The predicted octanol–water partition coefficient (Wildman–Crippen LogP) is 3.14. The second kappa shape index (κ2) is 7.25. The van der Waals surface area contributed by atoms with Crippen LogP contribution in [0.25, 0.3) is 0 Å². The van der Waals surface area contributed by atoms with Gasteiger partial charge >= 0.3 is 0 Å². The SMILES string of the molecule is N/C=C(\C=Nc1cc(F)cc(F)c1)CC(=O)Nc1cc(C2CC2)[nH]n1. The summed E-state index contributed by atoms with van der Waals surface area (Å²) in [5.74, 6) is -0.812. The quantitative estimate of drug-likeness (QED) is 0.702. The Labute approximate surface area is 142 Å². The Kier molecular flexibility index (Phi) is 4.87. The molecule has 25 heavy (non-hydrogen) atoms. The van der Waals surface area contributed by atoms with Gasteiger partial charge in [-0.15, -0.1) is 0 Å². The summed E-state index contributed by atoms with van der Waals surface area (Å²) in [7, 11) is 0. The Morgan fingerprint density at radius 2 is 2.04 bits per heavy atom. The van der Waals surface area contributed by atoms with Crippen molar-refractivity contribution in [2.45, 2.75) is 25.2 Å². The van der Waals surface area contributed by atoms with Crippen LogP contribution < -0.4 is 11.1 Å². The van der Waals surface area contributed by atoms with Crippen molar-refractivity contribution in [3.05, 3.63) is 53.4 Å². The molecule has 0 radical (unpaired) electrons. The summed E-state index contributed by atoms with van der Waals surface area (Å²) >= 11 is 0. The number of carbonyl (C=O) groups excluding carboxylic acids is 1. The number of halogens is 2. The third-order valence-corrected chi connectivity index (χ3v) is 3.69. The molecule has 1 aliphatic rings. The number of H-pyrrole nitrogens is 1. The van der Waals surface area contributed by atoms with E-state index in [1.165, 1.54) is 12.4 Å². The lowest BCUT2D eigenvalue weighted by atomic mass is 10.2. The summed E-state index contributed by atoms with van der Waals surface area (Å²) in [6.07, 6.45) is 4.75. The summed E-state index contributed by atoms with van der Waals surface area (Å²) in [5.41, 5.74) is 7.00. The number of aromatic nitrogens is 2. The van der Waals surface area contributed by atoms with E-state index in [-0.39, 0.29) is 18.0 Å². The number of anilines is 1. The van der Waals surface area contributed by atoms with E-state index in [2.05, 4.69) is 20.5 Å². The first kappa shape index (κ1) is 16.8. The van der Waals surface area contributed by atoms with Crippen LogP contribution in [-0.2, 0) is 4.79 Å². The zero-order valence-electron chi connectivity index (χ0n) is 13.3. The number of nitrogens with zero attached hydrogens (tertiary/aromatic N) is 2. The molecule has 0 atom stereocenters. The van der Waals surface area contributed by atoms with Gasteiger partial charge in [-0.25, -0.2) is 8.78 Å². The van der Waals surface area contributed by atoms with Crippen LogP contribution in [-0.4, -0.2) is 22.3 Å². The van der Waals surface area contributed by atoms with Crippen LogP contribution in [0.3, 0.4) is 0 Å². The second-order valence-electron chi connectivity index (χ2n) is 5.84. The third kappa shape index (κ3) is 4.72. The maximum absolute atomic E-state index is 13.1. The fourth-order valence-electron chi connectivity index (χ4n) is 2.30. The highest BCUT2D eigenvalue weighted by atomic mass is 19.1. The number of rotatable bonds is 6. The molecule has 2 aromatic rings. The highest BCUT2D eigenvalue weighted by Crippen LogP contribution is 2.39. The number of carbonyl (C=O) groups is 1. The molecule has 1 fully saturated rings. The molecular weight excluding hydrogens is 328 g/mol. The topological polar surface area (TPSA) is 96.2 Å². The van der Waals surface area contributed by atoms with Crippen molar-refractivity contribution < 1.29 is 13.6 Å². The van der Waals surface area contributed by atoms with Gasteiger partial charge in [0.1, 0.15) is 11.6 Å². The van der Waals surface area contributed by atoms with Crippen molar-refractivity contribution in [3.8, 4) is 0 Å². The number of hydrogen-bond acceptors (Lipinski definition) is 4. The molecule has 1 aromatic heterocycles. The Morgan fingerprint density at radius 3 is 2.68 bits per heavy atom. The molecule has 1 saturated carbocycles. The van der Waals surface area contributed by atoms with Gasteiger partial charge in [0.15, 0.2) is 5.82 Å². The number of hydrogen-bond donors (Lipinski definition) is 3. The van der Waals surface area contributed by atoms with Crippen LogP contribution in [0.2, 0.25) is 0 Å². The first-order valence-corrected chi connectivity index (χ1v) is 7.79. The molecule has 1 aromatic carbocycles. The predicted molar refractivity (Wildman–Crippen MR) is 90.6 cm³/mol. The Morgan fingerprint density at radius 1 is 1.32 bits per heavy atom. The van der Waals surface area contributed by atoms with E-state index in [4.69, 9.17) is 5.73 Å². The maximum Gasteiger partial charge on any atom is 0.230 e. The van der Waals surface area contributed by atoms with Crippen LogP contribution in [0.15, 0.2) is 41.0 Å². The van der Waals surface area contributed by atoms with Crippen LogP contribution in [0.4, 0.5) is 20.3 Å². The Bertz CT molecular complexity index is 819. The largest absolute Gasteiger partial charge is 0.404 e. The normalized spacial score (nSPS) is 14.9. The van der Waals surface area contributed by atoms with Gasteiger partial charge in [-0.2, -0.15) is 5.10 Å². The summed E-state index contributed by atoms with van der Waals surface area (Å²) in [4.78, 5) is 16.0. The lowest BCUT2D eigenvalue weighted by molar-refractivity contribution is -0.115. The smallest absolute Gasteiger partial charge is 0.230 e. The molecule has 4 N–H and O–H groups in total. The number of nitrogens with two attached hydrogens (primary N) is 1. The number of aromatic amines is 1. The second-order valence-corrected chi connectivity index (χ2v) is 5.84. The first-order valence-electron chi connectivity index (χ1n) is 7.79. The van der Waals surface area contributed by atoms with Crippen molar-refractivity contribution in [2.75, 3.05) is 5.32 Å². The van der Waals surface area contributed by atoms with Crippen molar-refractivity contribution >= 4 is 23.6 Å². The minimum Gasteiger partial charge on any atom is -0.404 e. The average molecular weight is 345 g/mol. The van der Waals surface area contributed by atoms with Gasteiger partial charge in [0.2, 0.25) is 5.91 Å². The summed E-state index contributed by atoms with van der Waals surface area (Å²) in [6.45, 7) is 0. The zero-order chi connectivity index (χ0) is 17.8. The van der Waals surface area contributed by atoms with Gasteiger partial charge in [0, 0.05) is 30.0 Å². The number of benzene rings is 1. The van der Waals surface area contributed by atoms with Gasteiger partial charge in [-0.05, 0) is 36.7 Å². The number of aliphatic imine (C=N–C) groups is 1.